The van der Waals surface area contributed by atoms with E-state index in [0.29, 0.717) is 5.92 Å². The van der Waals surface area contributed by atoms with E-state index in [9.17, 15) is 0 Å². The van der Waals surface area contributed by atoms with Gasteiger partial charge in [0.25, 0.3) is 0 Å². The second kappa shape index (κ2) is 5.04. The second-order valence-corrected chi connectivity index (χ2v) is 8.05. The summed E-state index contributed by atoms with van der Waals surface area (Å²) in [5.41, 5.74) is 1.35. The van der Waals surface area contributed by atoms with Gasteiger partial charge in [0.15, 0.2) is 5.17 Å². The van der Waals surface area contributed by atoms with Gasteiger partial charge < -0.3 is 4.90 Å². The zero-order chi connectivity index (χ0) is 14.6. The molecule has 0 amide bonds. The third-order valence-electron chi connectivity index (χ3n) is 3.77. The first-order chi connectivity index (χ1) is 10.1. The van der Waals surface area contributed by atoms with Gasteiger partial charge in [0.1, 0.15) is 0 Å². The first-order valence-electron chi connectivity index (χ1n) is 7.07. The fourth-order valence-electron chi connectivity index (χ4n) is 2.79. The molecule has 1 aromatic carbocycles. The lowest BCUT2D eigenvalue weighted by Gasteiger charge is -2.16. The maximum atomic E-state index is 6.34. The monoisotopic (exact) mass is 334 g/mol. The molecule has 0 atom stereocenters. The Morgan fingerprint density at radius 1 is 1.33 bits per heavy atom. The van der Waals surface area contributed by atoms with E-state index in [-0.39, 0.29) is 0 Å². The van der Waals surface area contributed by atoms with Gasteiger partial charge in [-0.15, -0.1) is 11.3 Å². The van der Waals surface area contributed by atoms with E-state index in [1.165, 1.54) is 20.2 Å². The maximum Gasteiger partial charge on any atom is 0.168 e. The van der Waals surface area contributed by atoms with Crippen LogP contribution in [0.4, 0.5) is 0 Å². The van der Waals surface area contributed by atoms with Crippen molar-refractivity contribution in [2.75, 3.05) is 13.1 Å². The van der Waals surface area contributed by atoms with Gasteiger partial charge in [-0.1, -0.05) is 43.3 Å². The van der Waals surface area contributed by atoms with Crippen molar-refractivity contribution in [3.8, 4) is 0 Å². The average molecular weight is 335 g/mol. The summed E-state index contributed by atoms with van der Waals surface area (Å²) >= 11 is 10.00. The molecule has 0 spiro atoms. The predicted octanol–water partition coefficient (Wildman–Crippen LogP) is 5.30. The molecule has 0 unspecified atom stereocenters. The van der Waals surface area contributed by atoms with Gasteiger partial charge in [0.05, 0.1) is 17.1 Å². The van der Waals surface area contributed by atoms with Crippen LogP contribution in [0.25, 0.3) is 15.8 Å². The minimum atomic E-state index is 0.513. The molecule has 1 aromatic heterocycles. The molecule has 0 fully saturated rings. The highest BCUT2D eigenvalue weighted by atomic mass is 35.5. The smallest absolute Gasteiger partial charge is 0.168 e. The van der Waals surface area contributed by atoms with Crippen LogP contribution in [-0.2, 0) is 0 Å². The number of amidine groups is 1. The SMILES string of the molecule is CC(C)C1=C(c2cc3c(Cl)cccc3s2)N2CCN=C2S1. The molecule has 0 N–H and O–H groups in total. The van der Waals surface area contributed by atoms with Crippen LogP contribution in [-0.4, -0.2) is 23.2 Å². The van der Waals surface area contributed by atoms with E-state index in [1.807, 2.05) is 35.2 Å². The van der Waals surface area contributed by atoms with Crippen molar-refractivity contribution in [3.63, 3.8) is 0 Å². The topological polar surface area (TPSA) is 15.6 Å². The average Bonchev–Trinajstić information content (AvgIpc) is 3.10. The van der Waals surface area contributed by atoms with Gasteiger partial charge in [0, 0.05) is 26.6 Å². The van der Waals surface area contributed by atoms with Crippen LogP contribution in [0, 0.1) is 5.92 Å². The minimum absolute atomic E-state index is 0.513. The molecule has 0 saturated carbocycles. The Bertz CT molecular complexity index is 789. The number of thioether (sulfide) groups is 1. The van der Waals surface area contributed by atoms with Gasteiger partial charge in [-0.2, -0.15) is 0 Å². The molecule has 0 bridgehead atoms. The van der Waals surface area contributed by atoms with E-state index in [0.717, 1.165) is 28.7 Å². The summed E-state index contributed by atoms with van der Waals surface area (Å²) in [4.78, 5) is 9.73. The van der Waals surface area contributed by atoms with Gasteiger partial charge in [-0.25, -0.2) is 0 Å². The fourth-order valence-corrected chi connectivity index (χ4v) is 5.49. The zero-order valence-corrected chi connectivity index (χ0v) is 14.3. The lowest BCUT2D eigenvalue weighted by atomic mass is 10.1. The van der Waals surface area contributed by atoms with Crippen LogP contribution in [0.5, 0.6) is 0 Å². The summed E-state index contributed by atoms with van der Waals surface area (Å²) < 4.78 is 1.25. The number of rotatable bonds is 2. The summed E-state index contributed by atoms with van der Waals surface area (Å²) in [6.45, 7) is 6.41. The minimum Gasteiger partial charge on any atom is -0.317 e. The Morgan fingerprint density at radius 3 is 2.95 bits per heavy atom. The molecule has 2 nitrogen and oxygen atoms in total. The molecule has 21 heavy (non-hydrogen) atoms. The van der Waals surface area contributed by atoms with Gasteiger partial charge >= 0.3 is 0 Å². The Morgan fingerprint density at radius 2 is 2.19 bits per heavy atom. The van der Waals surface area contributed by atoms with E-state index >= 15 is 0 Å². The van der Waals surface area contributed by atoms with Gasteiger partial charge in [-0.3, -0.25) is 4.99 Å². The highest BCUT2D eigenvalue weighted by molar-refractivity contribution is 8.17. The molecule has 4 rings (SSSR count). The van der Waals surface area contributed by atoms with Crippen LogP contribution in [0.2, 0.25) is 5.02 Å². The first-order valence-corrected chi connectivity index (χ1v) is 9.08. The van der Waals surface area contributed by atoms with Crippen molar-refractivity contribution >= 4 is 55.7 Å². The third-order valence-corrected chi connectivity index (χ3v) is 6.63. The van der Waals surface area contributed by atoms with Crippen LogP contribution in [0.3, 0.4) is 0 Å². The number of aliphatic imine (C=N–C) groups is 1. The molecule has 0 saturated heterocycles. The Labute approximate surface area is 137 Å². The number of hydrogen-bond acceptors (Lipinski definition) is 4. The van der Waals surface area contributed by atoms with Gasteiger partial charge in [0.2, 0.25) is 0 Å². The number of hydrogen-bond donors (Lipinski definition) is 0. The Balaban J connectivity index is 1.90. The van der Waals surface area contributed by atoms with E-state index in [4.69, 9.17) is 11.6 Å². The summed E-state index contributed by atoms with van der Waals surface area (Å²) in [6.07, 6.45) is 0. The molecule has 5 heteroatoms. The molecule has 0 radical (unpaired) electrons. The molecule has 2 aliphatic heterocycles. The van der Waals surface area contributed by atoms with E-state index < -0.39 is 0 Å². The van der Waals surface area contributed by atoms with Crippen molar-refractivity contribution in [2.24, 2.45) is 10.9 Å². The number of benzene rings is 1. The molecule has 3 heterocycles. The van der Waals surface area contributed by atoms with Crippen LogP contribution < -0.4 is 0 Å². The predicted molar refractivity (Wildman–Crippen MR) is 95.2 cm³/mol. The van der Waals surface area contributed by atoms with Crippen molar-refractivity contribution in [2.45, 2.75) is 13.8 Å². The quantitative estimate of drug-likeness (QED) is 0.740. The normalized spacial score (nSPS) is 18.1. The van der Waals surface area contributed by atoms with E-state index in [1.54, 1.807) is 0 Å². The number of halogens is 1. The summed E-state index contributed by atoms with van der Waals surface area (Å²) in [7, 11) is 0. The highest BCUT2D eigenvalue weighted by Gasteiger charge is 2.34. The van der Waals surface area contributed by atoms with Crippen molar-refractivity contribution < 1.29 is 0 Å². The maximum absolute atomic E-state index is 6.34. The van der Waals surface area contributed by atoms with Crippen LogP contribution >= 0.6 is 34.7 Å². The molecule has 0 aliphatic carbocycles. The van der Waals surface area contributed by atoms with Crippen LogP contribution in [0.15, 0.2) is 34.2 Å². The largest absolute Gasteiger partial charge is 0.317 e. The first kappa shape index (κ1) is 13.7. The second-order valence-electron chi connectivity index (χ2n) is 5.55. The number of fused-ring (bicyclic) bond motifs is 2. The third kappa shape index (κ3) is 2.12. The summed E-state index contributed by atoms with van der Waals surface area (Å²) in [5, 5.41) is 3.16. The fraction of sp³-hybridized carbons (Fsp3) is 0.312. The molecule has 2 aromatic rings. The Hall–Kier alpha value is -0.970. The lowest BCUT2D eigenvalue weighted by Crippen LogP contribution is -2.19. The van der Waals surface area contributed by atoms with Crippen LogP contribution in [0.1, 0.15) is 18.7 Å². The Kier molecular flexibility index (Phi) is 3.28. The van der Waals surface area contributed by atoms with Crippen molar-refractivity contribution in [1.82, 2.24) is 4.90 Å². The molecule has 2 aliphatic rings. The van der Waals surface area contributed by atoms with E-state index in [2.05, 4.69) is 35.9 Å². The molecule has 108 valence electrons. The lowest BCUT2D eigenvalue weighted by molar-refractivity contribution is 0.642. The number of thiophene rings is 1. The molecular formula is C16H15ClN2S2. The molecular weight excluding hydrogens is 320 g/mol. The highest BCUT2D eigenvalue weighted by Crippen LogP contribution is 2.47. The van der Waals surface area contributed by atoms with Crippen molar-refractivity contribution in [1.29, 1.82) is 0 Å². The van der Waals surface area contributed by atoms with Gasteiger partial charge in [-0.05, 0) is 24.1 Å². The standard InChI is InChI=1S/C16H15ClN2S2/c1-9(2)15-14(19-7-6-18-16(19)21-15)13-8-10-11(17)4-3-5-12(10)20-13/h3-5,8-9H,6-7H2,1-2H3. The zero-order valence-electron chi connectivity index (χ0n) is 11.9. The number of allylic oxidation sites excluding steroid dienone is 1. The summed E-state index contributed by atoms with van der Waals surface area (Å²) in [6, 6.07) is 8.37. The van der Waals surface area contributed by atoms with Crippen molar-refractivity contribution in [3.05, 3.63) is 39.1 Å². The summed E-state index contributed by atoms with van der Waals surface area (Å²) in [5.74, 6) is 0.513. The number of nitrogens with zero attached hydrogens (tertiary/aromatic N) is 2.